The normalized spacial score (nSPS) is 13.3. The van der Waals surface area contributed by atoms with Crippen molar-refractivity contribution in [3.05, 3.63) is 187 Å². The van der Waals surface area contributed by atoms with Gasteiger partial charge in [0, 0.05) is 39.2 Å². The first-order valence-corrected chi connectivity index (χ1v) is 19.3. The third-order valence-corrected chi connectivity index (χ3v) is 11.8. The van der Waals surface area contributed by atoms with Crippen LogP contribution in [-0.4, -0.2) is 0 Å². The molecule has 0 N–H and O–H groups in total. The van der Waals surface area contributed by atoms with Crippen molar-refractivity contribution in [1.29, 1.82) is 0 Å². The van der Waals surface area contributed by atoms with Crippen molar-refractivity contribution in [2.45, 2.75) is 45.4 Å². The van der Waals surface area contributed by atoms with Gasteiger partial charge >= 0.3 is 0 Å². The van der Waals surface area contributed by atoms with Gasteiger partial charge in [-0.1, -0.05) is 156 Å². The Morgan fingerprint density at radius 3 is 1.98 bits per heavy atom. The summed E-state index contributed by atoms with van der Waals surface area (Å²) in [7, 11) is 0. The minimum Gasteiger partial charge on any atom is -0.456 e. The first-order valence-electron chi connectivity index (χ1n) is 19.3. The molecular formula is C53H43NO. The van der Waals surface area contributed by atoms with Crippen molar-refractivity contribution in [3.63, 3.8) is 0 Å². The largest absolute Gasteiger partial charge is 0.456 e. The summed E-state index contributed by atoms with van der Waals surface area (Å²) in [6.07, 6.45) is 0. The maximum absolute atomic E-state index is 6.64. The summed E-state index contributed by atoms with van der Waals surface area (Å²) in [5.74, 6) is 0. The number of hydrogen-bond donors (Lipinski definition) is 0. The van der Waals surface area contributed by atoms with E-state index >= 15 is 0 Å². The summed E-state index contributed by atoms with van der Waals surface area (Å²) in [6.45, 7) is 11.5. The summed E-state index contributed by atoms with van der Waals surface area (Å²) in [6, 6.07) is 62.2. The zero-order chi connectivity index (χ0) is 37.5. The van der Waals surface area contributed by atoms with E-state index in [1.54, 1.807) is 0 Å². The highest BCUT2D eigenvalue weighted by Crippen LogP contribution is 2.55. The van der Waals surface area contributed by atoms with Crippen LogP contribution in [0.1, 0.15) is 51.3 Å². The van der Waals surface area contributed by atoms with Gasteiger partial charge in [0.25, 0.3) is 0 Å². The van der Waals surface area contributed by atoms with Crippen molar-refractivity contribution < 1.29 is 4.42 Å². The first kappa shape index (κ1) is 33.2. The summed E-state index contributed by atoms with van der Waals surface area (Å²) >= 11 is 0. The zero-order valence-corrected chi connectivity index (χ0v) is 32.0. The van der Waals surface area contributed by atoms with E-state index in [0.29, 0.717) is 0 Å². The summed E-state index contributed by atoms with van der Waals surface area (Å²) in [4.78, 5) is 2.43. The average molecular weight is 710 g/mol. The molecule has 1 heterocycles. The van der Waals surface area contributed by atoms with E-state index in [1.807, 2.05) is 0 Å². The summed E-state index contributed by atoms with van der Waals surface area (Å²) in [5.41, 5.74) is 16.5. The highest BCUT2D eigenvalue weighted by Gasteiger charge is 2.37. The highest BCUT2D eigenvalue weighted by atomic mass is 16.3. The standard InChI is InChI=1S/C53H43NO/c1-52(2,3)37-25-31-48-44(32-37)41-29-28-39(33-49(41)55-48)54(38-26-22-35(23-27-38)34-14-7-6-8-15-34)47-30-24-36-16-9-10-17-40(36)51(47)43-19-13-21-46-50(43)42-18-11-12-20-45(42)53(46,4)5/h6-33H,1-5H3. The molecule has 0 saturated heterocycles. The monoisotopic (exact) mass is 709 g/mol. The lowest BCUT2D eigenvalue weighted by Crippen LogP contribution is -2.15. The van der Waals surface area contributed by atoms with Crippen LogP contribution in [0.2, 0.25) is 0 Å². The van der Waals surface area contributed by atoms with Crippen molar-refractivity contribution in [1.82, 2.24) is 0 Å². The molecule has 10 rings (SSSR count). The van der Waals surface area contributed by atoms with Gasteiger partial charge in [-0.15, -0.1) is 0 Å². The van der Waals surface area contributed by atoms with Crippen LogP contribution < -0.4 is 4.90 Å². The summed E-state index contributed by atoms with van der Waals surface area (Å²) in [5, 5.41) is 4.72. The molecule has 0 atom stereocenters. The molecule has 1 aliphatic rings. The van der Waals surface area contributed by atoms with E-state index in [1.165, 1.54) is 60.8 Å². The SMILES string of the molecule is CC(C)(C)c1ccc2oc3cc(N(c4ccc(-c5ccccc5)cc4)c4ccc5ccccc5c4-c4cccc5c4-c4ccccc4C5(C)C)ccc3c2c1. The molecule has 8 aromatic carbocycles. The fourth-order valence-corrected chi connectivity index (χ4v) is 8.92. The molecule has 0 aliphatic heterocycles. The van der Waals surface area contributed by atoms with E-state index in [4.69, 9.17) is 4.42 Å². The third kappa shape index (κ3) is 5.31. The first-order chi connectivity index (χ1) is 26.7. The Morgan fingerprint density at radius 1 is 0.473 bits per heavy atom. The number of benzene rings is 8. The molecule has 1 aromatic heterocycles. The molecule has 0 saturated carbocycles. The lowest BCUT2D eigenvalue weighted by molar-refractivity contribution is 0.590. The lowest BCUT2D eigenvalue weighted by Gasteiger charge is -2.29. The van der Waals surface area contributed by atoms with Crippen LogP contribution in [0.25, 0.3) is 66.1 Å². The molecule has 266 valence electrons. The Kier molecular flexibility index (Phi) is 7.44. The lowest BCUT2D eigenvalue weighted by atomic mass is 9.81. The van der Waals surface area contributed by atoms with Crippen LogP contribution in [0.4, 0.5) is 17.1 Å². The Hall–Kier alpha value is -6.38. The summed E-state index contributed by atoms with van der Waals surface area (Å²) < 4.78 is 6.64. The van der Waals surface area contributed by atoms with Gasteiger partial charge in [-0.25, -0.2) is 0 Å². The van der Waals surface area contributed by atoms with E-state index in [9.17, 15) is 0 Å². The minimum atomic E-state index is -0.112. The maximum Gasteiger partial charge on any atom is 0.137 e. The second kappa shape index (κ2) is 12.3. The number of hydrogen-bond acceptors (Lipinski definition) is 2. The van der Waals surface area contributed by atoms with Gasteiger partial charge in [-0.2, -0.15) is 0 Å². The molecule has 0 fully saturated rings. The van der Waals surface area contributed by atoms with Crippen molar-refractivity contribution in [2.24, 2.45) is 0 Å². The van der Waals surface area contributed by atoms with Crippen molar-refractivity contribution >= 4 is 49.8 Å². The maximum atomic E-state index is 6.64. The van der Waals surface area contributed by atoms with E-state index in [0.717, 1.165) is 39.0 Å². The van der Waals surface area contributed by atoms with E-state index < -0.39 is 0 Å². The predicted molar refractivity (Wildman–Crippen MR) is 233 cm³/mol. The molecule has 0 bridgehead atoms. The molecule has 55 heavy (non-hydrogen) atoms. The second-order valence-corrected chi connectivity index (χ2v) is 16.6. The molecule has 0 radical (unpaired) electrons. The average Bonchev–Trinajstić information content (AvgIpc) is 3.69. The molecule has 2 nitrogen and oxygen atoms in total. The van der Waals surface area contributed by atoms with Gasteiger partial charge in [0.1, 0.15) is 11.2 Å². The number of furan rings is 1. The van der Waals surface area contributed by atoms with E-state index in [-0.39, 0.29) is 10.8 Å². The van der Waals surface area contributed by atoms with Crippen LogP contribution in [0.5, 0.6) is 0 Å². The van der Waals surface area contributed by atoms with Gasteiger partial charge < -0.3 is 9.32 Å². The van der Waals surface area contributed by atoms with Gasteiger partial charge in [0.15, 0.2) is 0 Å². The molecule has 2 heteroatoms. The molecular weight excluding hydrogens is 667 g/mol. The second-order valence-electron chi connectivity index (χ2n) is 16.6. The van der Waals surface area contributed by atoms with Crippen LogP contribution in [-0.2, 0) is 10.8 Å². The van der Waals surface area contributed by atoms with Crippen molar-refractivity contribution in [3.8, 4) is 33.4 Å². The Labute approximate surface area is 323 Å². The Morgan fingerprint density at radius 2 is 1.16 bits per heavy atom. The molecule has 0 unspecified atom stereocenters. The molecule has 9 aromatic rings. The quantitative estimate of drug-likeness (QED) is 0.177. The van der Waals surface area contributed by atoms with E-state index in [2.05, 4.69) is 209 Å². The van der Waals surface area contributed by atoms with Crippen LogP contribution in [0.3, 0.4) is 0 Å². The van der Waals surface area contributed by atoms with Gasteiger partial charge in [0.05, 0.1) is 5.69 Å². The topological polar surface area (TPSA) is 16.4 Å². The fourth-order valence-electron chi connectivity index (χ4n) is 8.92. The third-order valence-electron chi connectivity index (χ3n) is 11.8. The smallest absolute Gasteiger partial charge is 0.137 e. The van der Waals surface area contributed by atoms with Crippen LogP contribution >= 0.6 is 0 Å². The predicted octanol–water partition coefficient (Wildman–Crippen LogP) is 15.1. The Bertz CT molecular complexity index is 2920. The number of rotatable bonds is 5. The van der Waals surface area contributed by atoms with Gasteiger partial charge in [-0.3, -0.25) is 0 Å². The Balaban J connectivity index is 1.24. The minimum absolute atomic E-state index is 0.0419. The number of nitrogens with zero attached hydrogens (tertiary/aromatic N) is 1. The number of fused-ring (bicyclic) bond motifs is 7. The molecule has 0 amide bonds. The van der Waals surface area contributed by atoms with Gasteiger partial charge in [0.2, 0.25) is 0 Å². The number of anilines is 3. The van der Waals surface area contributed by atoms with Crippen LogP contribution in [0.15, 0.2) is 174 Å². The van der Waals surface area contributed by atoms with Crippen molar-refractivity contribution in [2.75, 3.05) is 4.90 Å². The molecule has 0 spiro atoms. The van der Waals surface area contributed by atoms with Gasteiger partial charge in [-0.05, 0) is 103 Å². The fraction of sp³-hybridized carbons (Fsp3) is 0.132. The highest BCUT2D eigenvalue weighted by molar-refractivity contribution is 6.11. The van der Waals surface area contributed by atoms with Crippen LogP contribution in [0, 0.1) is 0 Å². The zero-order valence-electron chi connectivity index (χ0n) is 32.0. The molecule has 1 aliphatic carbocycles.